The van der Waals surface area contributed by atoms with Gasteiger partial charge >= 0.3 is 0 Å². The minimum Gasteiger partial charge on any atom is -0.208 e. The predicted octanol–water partition coefficient (Wildman–Crippen LogP) is 3.84. The van der Waals surface area contributed by atoms with Crippen LogP contribution in [0.4, 0.5) is 0 Å². The molecule has 0 saturated heterocycles. The summed E-state index contributed by atoms with van der Waals surface area (Å²) in [6.07, 6.45) is 7.85. The van der Waals surface area contributed by atoms with Crippen LogP contribution in [0.3, 0.4) is 0 Å². The van der Waals surface area contributed by atoms with Gasteiger partial charge in [-0.2, -0.15) is 0 Å². The van der Waals surface area contributed by atoms with E-state index in [1.54, 1.807) is 18.2 Å². The van der Waals surface area contributed by atoms with Gasteiger partial charge in [0.15, 0.2) is 0 Å². The van der Waals surface area contributed by atoms with Crippen LogP contribution < -0.4 is 4.72 Å². The molecule has 1 aliphatic rings. The molecule has 19 heavy (non-hydrogen) atoms. The van der Waals surface area contributed by atoms with Gasteiger partial charge in [-0.05, 0) is 31.0 Å². The second-order valence-corrected chi connectivity index (χ2v) is 7.75. The molecule has 2 rings (SSSR count). The maximum Gasteiger partial charge on any atom is 0.240 e. The van der Waals surface area contributed by atoms with Gasteiger partial charge < -0.3 is 0 Å². The van der Waals surface area contributed by atoms with E-state index >= 15 is 0 Å². The van der Waals surface area contributed by atoms with Gasteiger partial charge in [0.1, 0.15) is 0 Å². The molecule has 1 saturated carbocycles. The number of nitrogens with one attached hydrogen (secondary N) is 1. The minimum atomic E-state index is -3.39. The van der Waals surface area contributed by atoms with Crippen LogP contribution in [0.1, 0.15) is 44.9 Å². The second kappa shape index (κ2) is 6.86. The Morgan fingerprint density at radius 1 is 1.05 bits per heavy atom. The number of halogens is 1. The van der Waals surface area contributed by atoms with E-state index in [-0.39, 0.29) is 6.04 Å². The zero-order valence-electron chi connectivity index (χ0n) is 10.9. The normalized spacial score (nSPS) is 18.8. The molecule has 3 nitrogen and oxygen atoms in total. The highest BCUT2D eigenvalue weighted by atomic mass is 79.9. The van der Waals surface area contributed by atoms with Crippen LogP contribution in [-0.2, 0) is 10.0 Å². The van der Waals surface area contributed by atoms with Crippen molar-refractivity contribution in [2.45, 2.75) is 55.9 Å². The molecule has 0 amide bonds. The van der Waals surface area contributed by atoms with E-state index in [1.165, 1.54) is 19.3 Å². The van der Waals surface area contributed by atoms with Gasteiger partial charge in [-0.15, -0.1) is 0 Å². The van der Waals surface area contributed by atoms with Crippen molar-refractivity contribution in [3.8, 4) is 0 Å². The molecule has 0 radical (unpaired) electrons. The molecule has 106 valence electrons. The fourth-order valence-electron chi connectivity index (χ4n) is 2.50. The van der Waals surface area contributed by atoms with Gasteiger partial charge in [-0.1, -0.05) is 54.1 Å². The zero-order valence-corrected chi connectivity index (χ0v) is 13.3. The summed E-state index contributed by atoms with van der Waals surface area (Å²) in [5.74, 6) is 0. The third-order valence-electron chi connectivity index (χ3n) is 3.53. The first-order valence-corrected chi connectivity index (χ1v) is 9.13. The molecule has 1 aliphatic carbocycles. The van der Waals surface area contributed by atoms with Crippen molar-refractivity contribution in [1.29, 1.82) is 0 Å². The van der Waals surface area contributed by atoms with Gasteiger partial charge in [0.25, 0.3) is 0 Å². The number of benzene rings is 1. The molecule has 0 aromatic heterocycles. The summed E-state index contributed by atoms with van der Waals surface area (Å²) >= 11 is 3.31. The number of hydrogen-bond donors (Lipinski definition) is 1. The lowest BCUT2D eigenvalue weighted by molar-refractivity contribution is 0.426. The van der Waals surface area contributed by atoms with Crippen LogP contribution in [0.25, 0.3) is 0 Å². The van der Waals surface area contributed by atoms with E-state index in [1.807, 2.05) is 6.07 Å². The molecule has 0 heterocycles. The summed E-state index contributed by atoms with van der Waals surface area (Å²) in [5.41, 5.74) is 0. The standard InChI is InChI=1S/C14H20BrNO2S/c15-12-7-6-10-14(11-12)19(17,18)16-13-8-4-2-1-3-5-9-13/h6-7,10-11,13,16H,1-5,8-9H2. The van der Waals surface area contributed by atoms with E-state index in [4.69, 9.17) is 0 Å². The summed E-state index contributed by atoms with van der Waals surface area (Å²) in [7, 11) is -3.39. The fourth-order valence-corrected chi connectivity index (χ4v) is 4.40. The Kier molecular flexibility index (Phi) is 5.42. The molecular weight excluding hydrogens is 326 g/mol. The smallest absolute Gasteiger partial charge is 0.208 e. The lowest BCUT2D eigenvalue weighted by Gasteiger charge is -2.21. The maximum atomic E-state index is 12.3. The zero-order chi connectivity index (χ0) is 13.7. The van der Waals surface area contributed by atoms with Crippen molar-refractivity contribution in [1.82, 2.24) is 4.72 Å². The molecule has 1 N–H and O–H groups in total. The highest BCUT2D eigenvalue weighted by Gasteiger charge is 2.20. The van der Waals surface area contributed by atoms with Gasteiger partial charge in [0, 0.05) is 10.5 Å². The van der Waals surface area contributed by atoms with Crippen LogP contribution in [0.15, 0.2) is 33.6 Å². The number of sulfonamides is 1. The number of hydrogen-bond acceptors (Lipinski definition) is 2. The van der Waals surface area contributed by atoms with E-state index in [9.17, 15) is 8.42 Å². The van der Waals surface area contributed by atoms with Gasteiger partial charge in [0.05, 0.1) is 4.90 Å². The van der Waals surface area contributed by atoms with Crippen molar-refractivity contribution < 1.29 is 8.42 Å². The molecule has 0 bridgehead atoms. The quantitative estimate of drug-likeness (QED) is 0.904. The first kappa shape index (κ1) is 15.0. The Hall–Kier alpha value is -0.390. The Morgan fingerprint density at radius 2 is 1.68 bits per heavy atom. The van der Waals surface area contributed by atoms with Crippen LogP contribution in [-0.4, -0.2) is 14.5 Å². The van der Waals surface area contributed by atoms with Crippen molar-refractivity contribution in [2.75, 3.05) is 0 Å². The molecule has 0 atom stereocenters. The van der Waals surface area contributed by atoms with Crippen LogP contribution in [0, 0.1) is 0 Å². The summed E-state index contributed by atoms with van der Waals surface area (Å²) in [5, 5.41) is 0. The molecule has 0 aliphatic heterocycles. The van der Waals surface area contributed by atoms with Crippen molar-refractivity contribution in [3.63, 3.8) is 0 Å². The molecule has 0 unspecified atom stereocenters. The highest BCUT2D eigenvalue weighted by molar-refractivity contribution is 9.10. The van der Waals surface area contributed by atoms with Gasteiger partial charge in [-0.3, -0.25) is 0 Å². The topological polar surface area (TPSA) is 46.2 Å². The minimum absolute atomic E-state index is 0.0873. The Labute approximate surface area is 124 Å². The molecule has 0 spiro atoms. The molecular formula is C14H20BrNO2S. The van der Waals surface area contributed by atoms with Crippen molar-refractivity contribution >= 4 is 26.0 Å². The first-order valence-electron chi connectivity index (χ1n) is 6.86. The van der Waals surface area contributed by atoms with Crippen LogP contribution in [0.5, 0.6) is 0 Å². The summed E-state index contributed by atoms with van der Waals surface area (Å²) < 4.78 is 28.3. The summed E-state index contributed by atoms with van der Waals surface area (Å²) in [4.78, 5) is 0.337. The second-order valence-electron chi connectivity index (χ2n) is 5.12. The number of rotatable bonds is 3. The first-order chi connectivity index (χ1) is 9.08. The molecule has 1 fully saturated rings. The lowest BCUT2D eigenvalue weighted by Crippen LogP contribution is -2.35. The Balaban J connectivity index is 2.07. The van der Waals surface area contributed by atoms with Crippen molar-refractivity contribution in [2.24, 2.45) is 0 Å². The monoisotopic (exact) mass is 345 g/mol. The largest absolute Gasteiger partial charge is 0.240 e. The lowest BCUT2D eigenvalue weighted by atomic mass is 9.97. The molecule has 5 heteroatoms. The fraction of sp³-hybridized carbons (Fsp3) is 0.571. The third-order valence-corrected chi connectivity index (χ3v) is 5.54. The average molecular weight is 346 g/mol. The predicted molar refractivity (Wildman–Crippen MR) is 80.6 cm³/mol. The molecule has 1 aromatic rings. The van der Waals surface area contributed by atoms with E-state index in [0.29, 0.717) is 4.90 Å². The maximum absolute atomic E-state index is 12.3. The van der Waals surface area contributed by atoms with E-state index in [0.717, 1.165) is 30.2 Å². The van der Waals surface area contributed by atoms with Crippen LogP contribution >= 0.6 is 15.9 Å². The SMILES string of the molecule is O=S(=O)(NC1CCCCCCC1)c1cccc(Br)c1. The summed E-state index contributed by atoms with van der Waals surface area (Å²) in [6, 6.07) is 6.94. The van der Waals surface area contributed by atoms with Gasteiger partial charge in [-0.25, -0.2) is 13.1 Å². The average Bonchev–Trinajstić information content (AvgIpc) is 2.32. The van der Waals surface area contributed by atoms with Gasteiger partial charge in [0.2, 0.25) is 10.0 Å². The van der Waals surface area contributed by atoms with Crippen molar-refractivity contribution in [3.05, 3.63) is 28.7 Å². The van der Waals surface area contributed by atoms with Crippen LogP contribution in [0.2, 0.25) is 0 Å². The highest BCUT2D eigenvalue weighted by Crippen LogP contribution is 2.20. The summed E-state index contributed by atoms with van der Waals surface area (Å²) in [6.45, 7) is 0. The Bertz CT molecular complexity index is 508. The van der Waals surface area contributed by atoms with E-state index < -0.39 is 10.0 Å². The third kappa shape index (κ3) is 4.58. The molecule has 1 aromatic carbocycles. The Morgan fingerprint density at radius 3 is 2.32 bits per heavy atom. The van der Waals surface area contributed by atoms with E-state index in [2.05, 4.69) is 20.7 Å².